The molecule has 0 aliphatic heterocycles. The van der Waals surface area contributed by atoms with Gasteiger partial charge in [-0.3, -0.25) is 0 Å². The van der Waals surface area contributed by atoms with E-state index in [0.717, 1.165) is 16.6 Å². The number of anilines is 2. The summed E-state index contributed by atoms with van der Waals surface area (Å²) >= 11 is 6.14. The van der Waals surface area contributed by atoms with Gasteiger partial charge in [0.05, 0.1) is 12.6 Å². The molecule has 0 fully saturated rings. The van der Waals surface area contributed by atoms with Crippen molar-refractivity contribution in [2.45, 2.75) is 6.92 Å². The summed E-state index contributed by atoms with van der Waals surface area (Å²) < 4.78 is 5.14. The first-order chi connectivity index (χ1) is 10.6. The monoisotopic (exact) mass is 315 g/mol. The molecule has 1 aromatic heterocycles. The van der Waals surface area contributed by atoms with E-state index in [4.69, 9.17) is 16.3 Å². The molecule has 0 spiro atoms. The van der Waals surface area contributed by atoms with Crippen molar-refractivity contribution in [3.8, 4) is 11.5 Å². The van der Waals surface area contributed by atoms with Gasteiger partial charge in [0, 0.05) is 22.2 Å². The summed E-state index contributed by atoms with van der Waals surface area (Å²) in [6, 6.07) is 8.93. The number of ether oxygens (including phenoxy) is 1. The minimum atomic E-state index is 0.0398. The lowest BCUT2D eigenvalue weighted by molar-refractivity contribution is 0.374. The zero-order chi connectivity index (χ0) is 15.7. The van der Waals surface area contributed by atoms with Crippen LogP contribution in [0.25, 0.3) is 10.9 Å². The van der Waals surface area contributed by atoms with Crippen molar-refractivity contribution >= 4 is 34.0 Å². The molecule has 1 heterocycles. The summed E-state index contributed by atoms with van der Waals surface area (Å²) in [5.74, 6) is 1.02. The third-order valence-corrected chi connectivity index (χ3v) is 3.78. The maximum Gasteiger partial charge on any atom is 0.161 e. The fourth-order valence-electron chi connectivity index (χ4n) is 2.14. The Bertz CT molecular complexity index is 852. The summed E-state index contributed by atoms with van der Waals surface area (Å²) in [6.45, 7) is 1.94. The first-order valence-electron chi connectivity index (χ1n) is 6.63. The average Bonchev–Trinajstić information content (AvgIpc) is 2.50. The second-order valence-corrected chi connectivity index (χ2v) is 5.26. The molecular formula is C16H14ClN3O2. The van der Waals surface area contributed by atoms with Crippen LogP contribution in [-0.2, 0) is 0 Å². The van der Waals surface area contributed by atoms with Crippen LogP contribution in [0.2, 0.25) is 5.02 Å². The van der Waals surface area contributed by atoms with Crippen molar-refractivity contribution in [1.82, 2.24) is 9.97 Å². The van der Waals surface area contributed by atoms with Gasteiger partial charge in [0.25, 0.3) is 0 Å². The van der Waals surface area contributed by atoms with Crippen molar-refractivity contribution in [2.75, 3.05) is 12.4 Å². The lowest BCUT2D eigenvalue weighted by atomic mass is 10.2. The zero-order valence-corrected chi connectivity index (χ0v) is 12.8. The van der Waals surface area contributed by atoms with E-state index < -0.39 is 0 Å². The molecule has 3 aromatic rings. The van der Waals surface area contributed by atoms with E-state index in [0.29, 0.717) is 22.1 Å². The van der Waals surface area contributed by atoms with Crippen molar-refractivity contribution in [3.05, 3.63) is 47.2 Å². The fraction of sp³-hybridized carbons (Fsp3) is 0.125. The van der Waals surface area contributed by atoms with Crippen LogP contribution in [0.1, 0.15) is 5.56 Å². The Morgan fingerprint density at radius 2 is 2.00 bits per heavy atom. The number of halogens is 1. The van der Waals surface area contributed by atoms with Crippen LogP contribution in [0.4, 0.5) is 11.5 Å². The maximum absolute atomic E-state index is 9.83. The van der Waals surface area contributed by atoms with E-state index in [1.54, 1.807) is 12.1 Å². The number of aryl methyl sites for hydroxylation is 1. The predicted molar refractivity (Wildman–Crippen MR) is 87.2 cm³/mol. The van der Waals surface area contributed by atoms with E-state index in [-0.39, 0.29) is 5.75 Å². The van der Waals surface area contributed by atoms with Gasteiger partial charge in [0.1, 0.15) is 12.1 Å². The standard InChI is InChI=1S/C16H14ClN3O2/c1-9-3-4-10(5-12(9)17)20-16-11-6-15(22-2)14(21)7-13(11)18-8-19-16/h3-8,21H,1-2H3,(H,18,19,20). The molecule has 0 amide bonds. The van der Waals surface area contributed by atoms with E-state index in [1.807, 2.05) is 25.1 Å². The molecule has 5 nitrogen and oxygen atoms in total. The average molecular weight is 316 g/mol. The highest BCUT2D eigenvalue weighted by Crippen LogP contribution is 2.34. The number of aromatic nitrogens is 2. The summed E-state index contributed by atoms with van der Waals surface area (Å²) in [5, 5.41) is 14.5. The number of nitrogens with one attached hydrogen (secondary N) is 1. The Labute approximate surface area is 132 Å². The lowest BCUT2D eigenvalue weighted by Crippen LogP contribution is -1.97. The van der Waals surface area contributed by atoms with E-state index in [2.05, 4.69) is 15.3 Å². The molecule has 0 aliphatic carbocycles. The number of benzene rings is 2. The van der Waals surface area contributed by atoms with Crippen LogP contribution >= 0.6 is 11.6 Å². The second kappa shape index (κ2) is 5.69. The van der Waals surface area contributed by atoms with Crippen molar-refractivity contribution in [1.29, 1.82) is 0 Å². The van der Waals surface area contributed by atoms with E-state index >= 15 is 0 Å². The van der Waals surface area contributed by atoms with Crippen LogP contribution in [0.5, 0.6) is 11.5 Å². The molecule has 0 atom stereocenters. The van der Waals surface area contributed by atoms with Gasteiger partial charge in [0.15, 0.2) is 11.5 Å². The van der Waals surface area contributed by atoms with Crippen LogP contribution in [0.15, 0.2) is 36.7 Å². The Kier molecular flexibility index (Phi) is 3.73. The molecule has 22 heavy (non-hydrogen) atoms. The van der Waals surface area contributed by atoms with Crippen LogP contribution in [0.3, 0.4) is 0 Å². The van der Waals surface area contributed by atoms with Gasteiger partial charge in [-0.15, -0.1) is 0 Å². The molecule has 2 aromatic carbocycles. The number of hydrogen-bond donors (Lipinski definition) is 2. The Morgan fingerprint density at radius 1 is 1.18 bits per heavy atom. The van der Waals surface area contributed by atoms with Gasteiger partial charge in [-0.2, -0.15) is 0 Å². The largest absolute Gasteiger partial charge is 0.504 e. The SMILES string of the molecule is COc1cc2c(Nc3ccc(C)c(Cl)c3)ncnc2cc1O. The summed E-state index contributed by atoms with van der Waals surface area (Å²) in [5.41, 5.74) is 2.45. The van der Waals surface area contributed by atoms with Gasteiger partial charge in [0.2, 0.25) is 0 Å². The number of methoxy groups -OCH3 is 1. The molecule has 0 aliphatic rings. The molecule has 0 radical (unpaired) electrons. The third-order valence-electron chi connectivity index (χ3n) is 3.37. The first-order valence-corrected chi connectivity index (χ1v) is 7.01. The van der Waals surface area contributed by atoms with E-state index in [9.17, 15) is 5.11 Å². The molecule has 6 heteroatoms. The summed E-state index contributed by atoms with van der Waals surface area (Å²) in [6.07, 6.45) is 1.44. The number of phenolic OH excluding ortho intramolecular Hbond substituents is 1. The van der Waals surface area contributed by atoms with Gasteiger partial charge >= 0.3 is 0 Å². The minimum absolute atomic E-state index is 0.0398. The van der Waals surface area contributed by atoms with Crippen molar-refractivity contribution in [2.24, 2.45) is 0 Å². The molecule has 0 unspecified atom stereocenters. The predicted octanol–water partition coefficient (Wildman–Crippen LogP) is 4.05. The van der Waals surface area contributed by atoms with Gasteiger partial charge < -0.3 is 15.2 Å². The highest BCUT2D eigenvalue weighted by Gasteiger charge is 2.10. The topological polar surface area (TPSA) is 67.3 Å². The third kappa shape index (κ3) is 2.63. The molecular weight excluding hydrogens is 302 g/mol. The van der Waals surface area contributed by atoms with Crippen LogP contribution in [-0.4, -0.2) is 22.2 Å². The van der Waals surface area contributed by atoms with Crippen LogP contribution < -0.4 is 10.1 Å². The van der Waals surface area contributed by atoms with Crippen molar-refractivity contribution in [3.63, 3.8) is 0 Å². The molecule has 0 saturated heterocycles. The van der Waals surface area contributed by atoms with Gasteiger partial charge in [-0.05, 0) is 30.7 Å². The van der Waals surface area contributed by atoms with E-state index in [1.165, 1.54) is 13.4 Å². The molecule has 2 N–H and O–H groups in total. The fourth-order valence-corrected chi connectivity index (χ4v) is 2.32. The Hall–Kier alpha value is -2.53. The first kappa shape index (κ1) is 14.4. The number of nitrogens with zero attached hydrogens (tertiary/aromatic N) is 2. The minimum Gasteiger partial charge on any atom is -0.504 e. The Morgan fingerprint density at radius 3 is 2.73 bits per heavy atom. The number of phenols is 1. The number of fused-ring (bicyclic) bond motifs is 1. The zero-order valence-electron chi connectivity index (χ0n) is 12.1. The number of hydrogen-bond acceptors (Lipinski definition) is 5. The normalized spacial score (nSPS) is 10.7. The van der Waals surface area contributed by atoms with Crippen LogP contribution in [0, 0.1) is 6.92 Å². The highest BCUT2D eigenvalue weighted by atomic mass is 35.5. The maximum atomic E-state index is 9.83. The summed E-state index contributed by atoms with van der Waals surface area (Å²) in [4.78, 5) is 8.42. The molecule has 112 valence electrons. The molecule has 0 bridgehead atoms. The van der Waals surface area contributed by atoms with Gasteiger partial charge in [-0.25, -0.2) is 9.97 Å². The smallest absolute Gasteiger partial charge is 0.161 e. The van der Waals surface area contributed by atoms with Crippen molar-refractivity contribution < 1.29 is 9.84 Å². The lowest BCUT2D eigenvalue weighted by Gasteiger charge is -2.11. The summed E-state index contributed by atoms with van der Waals surface area (Å²) in [7, 11) is 1.50. The Balaban J connectivity index is 2.08. The molecule has 0 saturated carbocycles. The second-order valence-electron chi connectivity index (χ2n) is 4.85. The highest BCUT2D eigenvalue weighted by molar-refractivity contribution is 6.31. The number of rotatable bonds is 3. The van der Waals surface area contributed by atoms with Gasteiger partial charge in [-0.1, -0.05) is 17.7 Å². The quantitative estimate of drug-likeness (QED) is 0.763. The number of aromatic hydroxyl groups is 1. The molecule has 3 rings (SSSR count).